The van der Waals surface area contributed by atoms with Crippen molar-refractivity contribution in [2.24, 2.45) is 5.92 Å². The Balaban J connectivity index is 2.64. The lowest BCUT2D eigenvalue weighted by atomic mass is 10.1. The van der Waals surface area contributed by atoms with Crippen LogP contribution in [0.2, 0.25) is 5.02 Å². The van der Waals surface area contributed by atoms with E-state index in [0.717, 1.165) is 0 Å². The van der Waals surface area contributed by atoms with Crippen molar-refractivity contribution in [2.75, 3.05) is 12.3 Å². The molecule has 1 aromatic carbocycles. The average Bonchev–Trinajstić information content (AvgIpc) is 2.25. The Morgan fingerprint density at radius 3 is 2.71 bits per heavy atom. The molecule has 0 spiro atoms. The number of benzene rings is 1. The molecule has 0 saturated heterocycles. The minimum Gasteiger partial charge on any atom is -0.398 e. The molecular weight excluding hydrogens is 240 g/mol. The van der Waals surface area contributed by atoms with Gasteiger partial charge in [0.2, 0.25) is 0 Å². The molecule has 0 heterocycles. The Morgan fingerprint density at radius 2 is 2.18 bits per heavy atom. The lowest BCUT2D eigenvalue weighted by molar-refractivity contribution is 0.0872. The second-order valence-corrected chi connectivity index (χ2v) is 4.69. The van der Waals surface area contributed by atoms with Gasteiger partial charge in [-0.05, 0) is 24.1 Å². The van der Waals surface area contributed by atoms with E-state index in [1.54, 1.807) is 12.1 Å². The van der Waals surface area contributed by atoms with Crippen LogP contribution in [0.3, 0.4) is 0 Å². The topological polar surface area (TPSA) is 75.3 Å². The first kappa shape index (κ1) is 13.8. The molecule has 17 heavy (non-hydrogen) atoms. The number of hydrogen-bond donors (Lipinski definition) is 3. The van der Waals surface area contributed by atoms with Crippen molar-refractivity contribution < 1.29 is 9.90 Å². The Morgan fingerprint density at radius 1 is 1.53 bits per heavy atom. The minimum atomic E-state index is -0.563. The van der Waals surface area contributed by atoms with Gasteiger partial charge >= 0.3 is 0 Å². The highest BCUT2D eigenvalue weighted by Crippen LogP contribution is 2.17. The summed E-state index contributed by atoms with van der Waals surface area (Å²) in [5.41, 5.74) is 6.37. The van der Waals surface area contributed by atoms with E-state index in [-0.39, 0.29) is 18.4 Å². The molecule has 4 N–H and O–H groups in total. The largest absolute Gasteiger partial charge is 0.398 e. The summed E-state index contributed by atoms with van der Waals surface area (Å²) in [6.07, 6.45) is -0.563. The maximum Gasteiger partial charge on any atom is 0.253 e. The fraction of sp³-hybridized carbons (Fsp3) is 0.417. The van der Waals surface area contributed by atoms with E-state index in [9.17, 15) is 9.90 Å². The Hall–Kier alpha value is -1.26. The van der Waals surface area contributed by atoms with Crippen molar-refractivity contribution in [3.63, 3.8) is 0 Å². The van der Waals surface area contributed by atoms with Crippen LogP contribution in [0.15, 0.2) is 18.2 Å². The summed E-state index contributed by atoms with van der Waals surface area (Å²) in [5.74, 6) is -0.211. The van der Waals surface area contributed by atoms with Crippen molar-refractivity contribution in [3.05, 3.63) is 28.8 Å². The van der Waals surface area contributed by atoms with Gasteiger partial charge in [0.25, 0.3) is 5.91 Å². The third-order valence-electron chi connectivity index (χ3n) is 2.50. The van der Waals surface area contributed by atoms with Gasteiger partial charge in [-0.25, -0.2) is 0 Å². The fourth-order valence-corrected chi connectivity index (χ4v) is 1.45. The molecular formula is C12H17ClN2O2. The number of aliphatic hydroxyl groups excluding tert-OH is 1. The standard InChI is InChI=1S/C12H17ClN2O2/c1-7(2)11(16)6-15-12(17)9-4-3-8(13)5-10(9)14/h3-5,7,11,16H,6,14H2,1-2H3,(H,15,17). The van der Waals surface area contributed by atoms with Crippen LogP contribution in [0.25, 0.3) is 0 Å². The van der Waals surface area contributed by atoms with E-state index < -0.39 is 6.10 Å². The van der Waals surface area contributed by atoms with E-state index in [4.69, 9.17) is 17.3 Å². The van der Waals surface area contributed by atoms with Crippen molar-refractivity contribution in [2.45, 2.75) is 20.0 Å². The second kappa shape index (κ2) is 5.89. The maximum absolute atomic E-state index is 11.8. The first-order valence-electron chi connectivity index (χ1n) is 5.43. The number of rotatable bonds is 4. The first-order chi connectivity index (χ1) is 7.91. The predicted octanol–water partition coefficient (Wildman–Crippen LogP) is 1.67. The third kappa shape index (κ3) is 3.91. The van der Waals surface area contributed by atoms with Crippen LogP contribution in [0.5, 0.6) is 0 Å². The maximum atomic E-state index is 11.8. The summed E-state index contributed by atoms with van der Waals surface area (Å²) in [6, 6.07) is 4.69. The van der Waals surface area contributed by atoms with Gasteiger partial charge in [-0.15, -0.1) is 0 Å². The van der Waals surface area contributed by atoms with E-state index in [1.165, 1.54) is 6.07 Å². The molecule has 0 radical (unpaired) electrons. The Labute approximate surface area is 106 Å². The van der Waals surface area contributed by atoms with Gasteiger partial charge in [-0.3, -0.25) is 4.79 Å². The molecule has 0 aliphatic heterocycles. The number of carbonyl (C=O) groups excluding carboxylic acids is 1. The molecule has 1 amide bonds. The second-order valence-electron chi connectivity index (χ2n) is 4.25. The summed E-state index contributed by atoms with van der Waals surface area (Å²) in [4.78, 5) is 11.8. The zero-order valence-corrected chi connectivity index (χ0v) is 10.7. The summed E-state index contributed by atoms with van der Waals surface area (Å²) in [7, 11) is 0. The molecule has 94 valence electrons. The van der Waals surface area contributed by atoms with Gasteiger partial charge in [0, 0.05) is 17.3 Å². The van der Waals surface area contributed by atoms with Crippen molar-refractivity contribution in [1.82, 2.24) is 5.32 Å². The Bertz CT molecular complexity index is 407. The third-order valence-corrected chi connectivity index (χ3v) is 2.73. The number of aliphatic hydroxyl groups is 1. The van der Waals surface area contributed by atoms with Gasteiger partial charge in [0.1, 0.15) is 0 Å². The van der Waals surface area contributed by atoms with Crippen LogP contribution in [-0.4, -0.2) is 23.7 Å². The number of carbonyl (C=O) groups is 1. The van der Waals surface area contributed by atoms with Gasteiger partial charge in [0.15, 0.2) is 0 Å². The summed E-state index contributed by atoms with van der Waals surface area (Å²) >= 11 is 5.74. The molecule has 1 unspecified atom stereocenters. The van der Waals surface area contributed by atoms with Crippen LogP contribution < -0.4 is 11.1 Å². The van der Waals surface area contributed by atoms with Crippen molar-refractivity contribution in [3.8, 4) is 0 Å². The molecule has 0 aliphatic carbocycles. The fourth-order valence-electron chi connectivity index (χ4n) is 1.27. The normalized spacial score (nSPS) is 12.5. The minimum absolute atomic E-state index is 0.0952. The number of amides is 1. The highest BCUT2D eigenvalue weighted by molar-refractivity contribution is 6.31. The van der Waals surface area contributed by atoms with Crippen molar-refractivity contribution in [1.29, 1.82) is 0 Å². The van der Waals surface area contributed by atoms with E-state index in [1.807, 2.05) is 13.8 Å². The van der Waals surface area contributed by atoms with Crippen LogP contribution in [-0.2, 0) is 0 Å². The van der Waals surface area contributed by atoms with E-state index >= 15 is 0 Å². The zero-order chi connectivity index (χ0) is 13.0. The lowest BCUT2D eigenvalue weighted by Crippen LogP contribution is -2.35. The Kier molecular flexibility index (Phi) is 4.78. The quantitative estimate of drug-likeness (QED) is 0.718. The number of nitrogens with one attached hydrogen (secondary N) is 1. The molecule has 4 nitrogen and oxygen atoms in total. The van der Waals surface area contributed by atoms with Crippen LogP contribution in [0.1, 0.15) is 24.2 Å². The van der Waals surface area contributed by atoms with Gasteiger partial charge in [-0.2, -0.15) is 0 Å². The molecule has 1 atom stereocenters. The molecule has 5 heteroatoms. The molecule has 1 aromatic rings. The SMILES string of the molecule is CC(C)C(O)CNC(=O)c1ccc(Cl)cc1N. The van der Waals surface area contributed by atoms with Crippen molar-refractivity contribution >= 4 is 23.2 Å². The van der Waals surface area contributed by atoms with E-state index in [2.05, 4.69) is 5.32 Å². The number of anilines is 1. The van der Waals surface area contributed by atoms with Crippen LogP contribution in [0.4, 0.5) is 5.69 Å². The van der Waals surface area contributed by atoms with Gasteiger partial charge in [-0.1, -0.05) is 25.4 Å². The molecule has 0 aliphatic rings. The number of nitrogens with two attached hydrogens (primary N) is 1. The van der Waals surface area contributed by atoms with Crippen LogP contribution in [0, 0.1) is 5.92 Å². The van der Waals surface area contributed by atoms with Gasteiger partial charge in [0.05, 0.1) is 11.7 Å². The summed E-state index contributed by atoms with van der Waals surface area (Å²) in [6.45, 7) is 3.97. The molecule has 1 rings (SSSR count). The summed E-state index contributed by atoms with van der Waals surface area (Å²) < 4.78 is 0. The molecule has 0 bridgehead atoms. The average molecular weight is 257 g/mol. The number of halogens is 1. The summed E-state index contributed by atoms with van der Waals surface area (Å²) in [5, 5.41) is 12.7. The number of nitrogen functional groups attached to an aromatic ring is 1. The highest BCUT2D eigenvalue weighted by atomic mass is 35.5. The first-order valence-corrected chi connectivity index (χ1v) is 5.81. The molecule has 0 saturated carbocycles. The lowest BCUT2D eigenvalue weighted by Gasteiger charge is -2.15. The van der Waals surface area contributed by atoms with Crippen LogP contribution >= 0.6 is 11.6 Å². The molecule has 0 fully saturated rings. The highest BCUT2D eigenvalue weighted by Gasteiger charge is 2.13. The van der Waals surface area contributed by atoms with E-state index in [0.29, 0.717) is 16.3 Å². The smallest absolute Gasteiger partial charge is 0.253 e. The predicted molar refractivity (Wildman–Crippen MR) is 69.0 cm³/mol. The molecule has 0 aromatic heterocycles. The van der Waals surface area contributed by atoms with Gasteiger partial charge < -0.3 is 16.2 Å². The number of hydrogen-bond acceptors (Lipinski definition) is 3. The monoisotopic (exact) mass is 256 g/mol. The zero-order valence-electron chi connectivity index (χ0n) is 9.90.